The molecule has 0 aromatic rings. The number of thioether (sulfide) groups is 1. The lowest BCUT2D eigenvalue weighted by Crippen LogP contribution is -2.25. The average Bonchev–Trinajstić information content (AvgIpc) is 3.33. The Morgan fingerprint density at radius 2 is 1.29 bits per heavy atom. The Hall–Kier alpha value is -0.280. The van der Waals surface area contributed by atoms with Gasteiger partial charge in [0.1, 0.15) is 6.29 Å². The maximum Gasteiger partial charge on any atom is 0.116 e. The monoisotopic (exact) mass is 520 g/mol. The van der Waals surface area contributed by atoms with E-state index in [9.17, 15) is 0 Å². The van der Waals surface area contributed by atoms with Crippen molar-refractivity contribution in [2.24, 2.45) is 23.0 Å². The normalized spacial score (nSPS) is 15.9. The van der Waals surface area contributed by atoms with Crippen LogP contribution in [0.3, 0.4) is 0 Å². The van der Waals surface area contributed by atoms with Crippen molar-refractivity contribution < 1.29 is 4.79 Å². The maximum atomic E-state index is 8.81. The van der Waals surface area contributed by atoms with Crippen molar-refractivity contribution in [2.75, 3.05) is 7.05 Å². The largest absolute Gasteiger partial charge is 0.333 e. The standard InChI is InChI=1S/C21H42S.C2H4O.3C2H6.C2H4.CH5N/c1-8-17(9-2)16-18-12-11-13-19(18)22-21(6,7)15-14-20(4,5)10-3;1-2-3;5*1-2/h17-19H,8-16H2,1-7H3;2H,1H3;3*1-2H3;1-2H2;2H2,1H3. The fraction of sp³-hybridized carbons (Fsp3) is 0.906. The molecule has 0 saturated heterocycles. The molecule has 0 bridgehead atoms. The van der Waals surface area contributed by atoms with Crippen LogP contribution in [-0.2, 0) is 4.79 Å². The van der Waals surface area contributed by atoms with Crippen molar-refractivity contribution in [1.29, 1.82) is 0 Å². The van der Waals surface area contributed by atoms with Gasteiger partial charge >= 0.3 is 0 Å². The first-order valence-corrected chi connectivity index (χ1v) is 15.7. The summed E-state index contributed by atoms with van der Waals surface area (Å²) >= 11 is 2.33. The number of hydrogen-bond donors (Lipinski definition) is 1. The molecule has 0 heterocycles. The number of rotatable bonds is 10. The third-order valence-corrected chi connectivity index (χ3v) is 7.98. The van der Waals surface area contributed by atoms with Gasteiger partial charge in [-0.25, -0.2) is 0 Å². The van der Waals surface area contributed by atoms with Crippen molar-refractivity contribution in [3.63, 3.8) is 0 Å². The van der Waals surface area contributed by atoms with E-state index >= 15 is 0 Å². The van der Waals surface area contributed by atoms with E-state index in [0.29, 0.717) is 10.2 Å². The fourth-order valence-electron chi connectivity index (χ4n) is 3.76. The van der Waals surface area contributed by atoms with Crippen LogP contribution in [0.1, 0.15) is 155 Å². The lowest BCUT2D eigenvalue weighted by Gasteiger charge is -2.34. The second kappa shape index (κ2) is 35.9. The Balaban J connectivity index is -0.000000138. The maximum absolute atomic E-state index is 8.81. The molecule has 1 fully saturated rings. The molecule has 0 aromatic carbocycles. The van der Waals surface area contributed by atoms with Crippen LogP contribution < -0.4 is 5.73 Å². The molecule has 1 aliphatic carbocycles. The Bertz CT molecular complexity index is 365. The summed E-state index contributed by atoms with van der Waals surface area (Å²) in [6.45, 7) is 36.4. The van der Waals surface area contributed by atoms with Gasteiger partial charge in [0.15, 0.2) is 0 Å². The van der Waals surface area contributed by atoms with Crippen molar-refractivity contribution in [3.05, 3.63) is 13.2 Å². The Morgan fingerprint density at radius 1 is 0.886 bits per heavy atom. The summed E-state index contributed by atoms with van der Waals surface area (Å²) < 4.78 is 0.452. The van der Waals surface area contributed by atoms with E-state index in [1.54, 1.807) is 0 Å². The average molecular weight is 520 g/mol. The van der Waals surface area contributed by atoms with Crippen LogP contribution in [0.2, 0.25) is 0 Å². The highest BCUT2D eigenvalue weighted by molar-refractivity contribution is 8.01. The van der Waals surface area contributed by atoms with Gasteiger partial charge in [0.05, 0.1) is 0 Å². The van der Waals surface area contributed by atoms with Gasteiger partial charge in [-0.05, 0) is 63.3 Å². The van der Waals surface area contributed by atoms with Crippen molar-refractivity contribution >= 4 is 18.0 Å². The molecule has 35 heavy (non-hydrogen) atoms. The molecular weight excluding hydrogens is 446 g/mol. The van der Waals surface area contributed by atoms with E-state index in [0.717, 1.165) is 23.4 Å². The van der Waals surface area contributed by atoms with Gasteiger partial charge < -0.3 is 10.5 Å². The van der Waals surface area contributed by atoms with Crippen LogP contribution in [0, 0.1) is 17.3 Å². The molecule has 2 atom stereocenters. The predicted octanol–water partition coefficient (Wildman–Crippen LogP) is 11.4. The first-order valence-electron chi connectivity index (χ1n) is 14.8. The van der Waals surface area contributed by atoms with Crippen molar-refractivity contribution in [3.8, 4) is 0 Å². The van der Waals surface area contributed by atoms with Crippen LogP contribution in [0.15, 0.2) is 13.2 Å². The molecule has 0 spiro atoms. The number of nitrogens with two attached hydrogens (primary N) is 1. The molecule has 1 aliphatic rings. The van der Waals surface area contributed by atoms with Crippen LogP contribution in [0.4, 0.5) is 0 Å². The molecular formula is C32H73NOS. The lowest BCUT2D eigenvalue weighted by atomic mass is 9.83. The molecule has 0 amide bonds. The first-order chi connectivity index (χ1) is 16.6. The van der Waals surface area contributed by atoms with E-state index < -0.39 is 0 Å². The minimum atomic E-state index is 0.452. The molecule has 0 aliphatic heterocycles. The molecule has 0 aromatic heterocycles. The van der Waals surface area contributed by atoms with Gasteiger partial charge in [-0.3, -0.25) is 0 Å². The highest BCUT2D eigenvalue weighted by Crippen LogP contribution is 2.46. The third-order valence-electron chi connectivity index (χ3n) is 6.21. The molecule has 0 radical (unpaired) electrons. The fourth-order valence-corrected chi connectivity index (χ4v) is 5.53. The van der Waals surface area contributed by atoms with Gasteiger partial charge in [-0.15, -0.1) is 13.2 Å². The molecule has 2 N–H and O–H groups in total. The van der Waals surface area contributed by atoms with Crippen molar-refractivity contribution in [2.45, 2.75) is 165 Å². The van der Waals surface area contributed by atoms with Gasteiger partial charge in [0.2, 0.25) is 0 Å². The summed E-state index contributed by atoms with van der Waals surface area (Å²) in [5.74, 6) is 1.96. The molecule has 3 heteroatoms. The highest BCUT2D eigenvalue weighted by atomic mass is 32.2. The minimum Gasteiger partial charge on any atom is -0.333 e. The zero-order chi connectivity index (χ0) is 29.5. The second-order valence-corrected chi connectivity index (χ2v) is 11.2. The third kappa shape index (κ3) is 31.7. The van der Waals surface area contributed by atoms with Crippen molar-refractivity contribution in [1.82, 2.24) is 0 Å². The Morgan fingerprint density at radius 3 is 1.63 bits per heavy atom. The number of carbonyl (C=O) groups is 1. The first kappa shape index (κ1) is 47.9. The van der Waals surface area contributed by atoms with Gasteiger partial charge in [-0.1, -0.05) is 116 Å². The molecule has 218 valence electrons. The summed E-state index contributed by atoms with van der Waals surface area (Å²) in [6.07, 6.45) is 13.5. The summed E-state index contributed by atoms with van der Waals surface area (Å²) in [4.78, 5) is 8.81. The SMILES string of the molecule is C=C.CC.CC.CC.CC=O.CCC(CC)CC1CCCC1SC(C)(C)CCC(C)(C)CC.CN. The van der Waals surface area contributed by atoms with Gasteiger partial charge in [0, 0.05) is 10.00 Å². The van der Waals surface area contributed by atoms with E-state index in [2.05, 4.69) is 79.1 Å². The highest BCUT2D eigenvalue weighted by Gasteiger charge is 2.34. The van der Waals surface area contributed by atoms with E-state index in [1.165, 1.54) is 71.8 Å². The topological polar surface area (TPSA) is 43.1 Å². The van der Waals surface area contributed by atoms with E-state index in [4.69, 9.17) is 4.79 Å². The quantitative estimate of drug-likeness (QED) is 0.230. The molecule has 2 nitrogen and oxygen atoms in total. The zero-order valence-electron chi connectivity index (χ0n) is 27.5. The summed E-state index contributed by atoms with van der Waals surface area (Å²) in [5.41, 5.74) is 5.02. The van der Waals surface area contributed by atoms with E-state index in [-0.39, 0.29) is 0 Å². The van der Waals surface area contributed by atoms with Crippen LogP contribution >= 0.6 is 11.8 Å². The Kier molecular flexibility index (Phi) is 49.1. The van der Waals surface area contributed by atoms with Crippen LogP contribution in [-0.4, -0.2) is 23.3 Å². The van der Waals surface area contributed by atoms with Gasteiger partial charge in [0.25, 0.3) is 0 Å². The van der Waals surface area contributed by atoms with E-state index in [1.807, 2.05) is 41.5 Å². The number of aldehydes is 1. The Labute approximate surface area is 230 Å². The van der Waals surface area contributed by atoms with Crippen LogP contribution in [0.5, 0.6) is 0 Å². The van der Waals surface area contributed by atoms with Crippen LogP contribution in [0.25, 0.3) is 0 Å². The summed E-state index contributed by atoms with van der Waals surface area (Å²) in [6, 6.07) is 0. The predicted molar refractivity (Wildman–Crippen MR) is 172 cm³/mol. The zero-order valence-corrected chi connectivity index (χ0v) is 28.3. The summed E-state index contributed by atoms with van der Waals surface area (Å²) in [7, 11) is 1.50. The van der Waals surface area contributed by atoms with Gasteiger partial charge in [-0.2, -0.15) is 11.8 Å². The molecule has 2 unspecified atom stereocenters. The second-order valence-electron chi connectivity index (χ2n) is 9.28. The number of carbonyl (C=O) groups excluding carboxylic acids is 1. The smallest absolute Gasteiger partial charge is 0.116 e. The molecule has 1 rings (SSSR count). The lowest BCUT2D eigenvalue weighted by molar-refractivity contribution is -0.106. The minimum absolute atomic E-state index is 0.452. The summed E-state index contributed by atoms with van der Waals surface area (Å²) in [5, 5.41) is 0.931. The molecule has 1 saturated carbocycles. The number of hydrogen-bond acceptors (Lipinski definition) is 3.